The first-order chi connectivity index (χ1) is 24.1. The number of rotatable bonds is 8. The molecule has 0 spiro atoms. The number of pyridine rings is 2. The number of thiophene rings is 1. The van der Waals surface area contributed by atoms with Gasteiger partial charge < -0.3 is 39.6 Å². The van der Waals surface area contributed by atoms with Crippen LogP contribution in [0.1, 0.15) is 45.1 Å². The average molecular weight is 698 g/mol. The number of carbonyl (C=O) groups excluding carboxylic acids is 2. The van der Waals surface area contributed by atoms with E-state index in [0.717, 1.165) is 68.4 Å². The predicted molar refractivity (Wildman–Crippen MR) is 193 cm³/mol. The van der Waals surface area contributed by atoms with E-state index in [1.54, 1.807) is 47.9 Å². The number of aliphatic hydroxyl groups is 1. The number of dihydropyridines is 1. The molecule has 5 aliphatic rings. The van der Waals surface area contributed by atoms with E-state index in [4.69, 9.17) is 4.74 Å². The van der Waals surface area contributed by atoms with Gasteiger partial charge in [0, 0.05) is 63.2 Å². The van der Waals surface area contributed by atoms with Crippen LogP contribution in [0, 0.1) is 10.8 Å². The van der Waals surface area contributed by atoms with Crippen LogP contribution >= 0.6 is 11.3 Å². The van der Waals surface area contributed by atoms with Crippen molar-refractivity contribution < 1.29 is 19.4 Å². The van der Waals surface area contributed by atoms with E-state index in [-0.39, 0.29) is 22.6 Å². The fraction of sp³-hybridized carbons (Fsp3) is 0.459. The van der Waals surface area contributed by atoms with Crippen LogP contribution in [0.4, 0.5) is 17.2 Å². The third-order valence-corrected chi connectivity index (χ3v) is 12.2. The molecule has 0 saturated carbocycles. The van der Waals surface area contributed by atoms with E-state index in [2.05, 4.69) is 39.3 Å². The number of ether oxygens (including phenoxy) is 1. The molecule has 12 nitrogen and oxygen atoms in total. The summed E-state index contributed by atoms with van der Waals surface area (Å²) in [5.41, 5.74) is 3.51. The summed E-state index contributed by atoms with van der Waals surface area (Å²) in [6, 6.07) is 6.07. The average Bonchev–Trinajstić information content (AvgIpc) is 3.58. The van der Waals surface area contributed by atoms with Crippen molar-refractivity contribution in [3.63, 3.8) is 0 Å². The van der Waals surface area contributed by atoms with Crippen LogP contribution in [0.3, 0.4) is 0 Å². The van der Waals surface area contributed by atoms with Gasteiger partial charge in [0.1, 0.15) is 23.2 Å². The smallest absolute Gasteiger partial charge is 0.274 e. The van der Waals surface area contributed by atoms with E-state index in [1.165, 1.54) is 15.0 Å². The summed E-state index contributed by atoms with van der Waals surface area (Å²) in [4.78, 5) is 53.6. The number of fused-ring (bicyclic) bond motifs is 3. The van der Waals surface area contributed by atoms with Gasteiger partial charge >= 0.3 is 0 Å². The number of hydrogen-bond acceptors (Lipinski definition) is 11. The molecule has 0 radical (unpaired) electrons. The Morgan fingerprint density at radius 2 is 1.90 bits per heavy atom. The fourth-order valence-electron chi connectivity index (χ4n) is 8.09. The number of carbonyl (C=O) groups is 2. The number of nitrogens with one attached hydrogen (secondary N) is 2. The molecule has 3 N–H and O–H groups in total. The van der Waals surface area contributed by atoms with Crippen LogP contribution in [-0.4, -0.2) is 95.2 Å². The van der Waals surface area contributed by atoms with E-state index in [0.29, 0.717) is 47.9 Å². The monoisotopic (exact) mass is 697 g/mol. The summed E-state index contributed by atoms with van der Waals surface area (Å²) >= 11 is 1.57. The number of amides is 1. The highest BCUT2D eigenvalue weighted by Crippen LogP contribution is 2.48. The topological polar surface area (TPSA) is 132 Å². The van der Waals surface area contributed by atoms with Gasteiger partial charge in [0.2, 0.25) is 0 Å². The first-order valence-corrected chi connectivity index (χ1v) is 18.1. The van der Waals surface area contributed by atoms with Crippen molar-refractivity contribution in [2.45, 2.75) is 39.2 Å². The minimum atomic E-state index is -1.54. The summed E-state index contributed by atoms with van der Waals surface area (Å²) < 4.78 is 6.80. The fourth-order valence-corrected chi connectivity index (χ4v) is 9.66. The second-order valence-electron chi connectivity index (χ2n) is 14.8. The molecule has 1 amide bonds. The van der Waals surface area contributed by atoms with Crippen LogP contribution in [0.25, 0.3) is 5.57 Å². The molecule has 262 valence electrons. The lowest BCUT2D eigenvalue weighted by Crippen LogP contribution is -2.56. The molecule has 1 unspecified atom stereocenters. The number of anilines is 3. The summed E-state index contributed by atoms with van der Waals surface area (Å²) in [5, 5.41) is 17.3. The lowest BCUT2D eigenvalue weighted by atomic mass is 9.74. The van der Waals surface area contributed by atoms with E-state index < -0.39 is 12.0 Å². The molecule has 2 saturated heterocycles. The lowest BCUT2D eigenvalue weighted by molar-refractivity contribution is -0.114. The number of nitrogens with zero attached hydrogens (tertiary/aromatic N) is 5. The van der Waals surface area contributed by atoms with Gasteiger partial charge in [-0.3, -0.25) is 14.5 Å². The van der Waals surface area contributed by atoms with Crippen molar-refractivity contribution in [2.24, 2.45) is 17.9 Å². The first kappa shape index (κ1) is 32.9. The summed E-state index contributed by atoms with van der Waals surface area (Å²) in [6.45, 7) is 9.79. The third kappa shape index (κ3) is 5.47. The number of aryl methyl sites for hydroxylation is 1. The van der Waals surface area contributed by atoms with Crippen LogP contribution in [0.2, 0.25) is 0 Å². The van der Waals surface area contributed by atoms with E-state index >= 15 is 0 Å². The van der Waals surface area contributed by atoms with Crippen molar-refractivity contribution in [1.29, 1.82) is 0 Å². The van der Waals surface area contributed by atoms with Crippen molar-refractivity contribution in [3.05, 3.63) is 85.5 Å². The molecule has 13 heteroatoms. The Labute approximate surface area is 295 Å². The van der Waals surface area contributed by atoms with Gasteiger partial charge in [0.15, 0.2) is 0 Å². The molecule has 2 fully saturated rings. The number of hydrogen-bond donors (Lipinski definition) is 3. The minimum absolute atomic E-state index is 0.149. The molecule has 50 heavy (non-hydrogen) atoms. The maximum Gasteiger partial charge on any atom is 0.274 e. The zero-order valence-corrected chi connectivity index (χ0v) is 29.5. The van der Waals surface area contributed by atoms with E-state index in [1.807, 2.05) is 18.3 Å². The highest BCUT2D eigenvalue weighted by Gasteiger charge is 2.47. The molecule has 1 atom stereocenters. The minimum Gasteiger partial charge on any atom is -0.395 e. The van der Waals surface area contributed by atoms with Crippen LogP contribution in [0.15, 0.2) is 53.5 Å². The van der Waals surface area contributed by atoms with Gasteiger partial charge in [-0.15, -0.1) is 11.3 Å². The maximum atomic E-state index is 14.1. The summed E-state index contributed by atoms with van der Waals surface area (Å²) in [6.07, 6.45) is 10.1. The molecular formula is C37H43N7O5S. The molecule has 3 aromatic heterocycles. The lowest BCUT2D eigenvalue weighted by Gasteiger charge is -2.43. The Hall–Kier alpha value is -4.30. The number of piperazine rings is 1. The van der Waals surface area contributed by atoms with Crippen LogP contribution in [0.5, 0.6) is 0 Å². The molecule has 7 heterocycles. The Balaban J connectivity index is 1.03. The highest BCUT2D eigenvalue weighted by molar-refractivity contribution is 7.14. The van der Waals surface area contributed by atoms with Crippen LogP contribution in [-0.2, 0) is 35.8 Å². The third-order valence-electron chi connectivity index (χ3n) is 11.0. The molecule has 3 aromatic rings. The van der Waals surface area contributed by atoms with Crippen molar-refractivity contribution >= 4 is 46.3 Å². The van der Waals surface area contributed by atoms with E-state index in [9.17, 15) is 19.5 Å². The second-order valence-corrected chi connectivity index (χ2v) is 15.9. The normalized spacial score (nSPS) is 23.4. The first-order valence-electron chi connectivity index (χ1n) is 17.3. The Morgan fingerprint density at radius 1 is 1.10 bits per heavy atom. The van der Waals surface area contributed by atoms with Crippen molar-refractivity contribution in [1.82, 2.24) is 24.7 Å². The molecule has 4 aliphatic heterocycles. The molecule has 0 bridgehead atoms. The van der Waals surface area contributed by atoms with Gasteiger partial charge in [-0.05, 0) is 65.1 Å². The zero-order chi connectivity index (χ0) is 34.8. The maximum absolute atomic E-state index is 14.1. The summed E-state index contributed by atoms with van der Waals surface area (Å²) in [5.74, 6) is 0.360. The second kappa shape index (κ2) is 12.5. The van der Waals surface area contributed by atoms with Crippen molar-refractivity contribution in [2.75, 3.05) is 62.8 Å². The van der Waals surface area contributed by atoms with Gasteiger partial charge in [-0.1, -0.05) is 13.8 Å². The van der Waals surface area contributed by atoms with Gasteiger partial charge in [0.25, 0.3) is 11.5 Å². The predicted octanol–water partition coefficient (Wildman–Crippen LogP) is 2.89. The Bertz CT molecular complexity index is 1970. The number of aliphatic hydroxyl groups excluding tert-OH is 1. The largest absolute Gasteiger partial charge is 0.395 e. The van der Waals surface area contributed by atoms with Crippen LogP contribution < -0.4 is 21.1 Å². The van der Waals surface area contributed by atoms with Gasteiger partial charge in [0.05, 0.1) is 48.3 Å². The standard InChI is InChI=1S/C37H43N7O5S/c1-36(2)13-27-26-6-7-44(35(48)33(26)50-30(27)14-36)31-17-38-16-28(37(31,21-45)22-46)23-12-29(34(47)41(3)18-23)40-32-5-4-24(15-39-32)42-8-10-43(11-9-42)25-19-49-20-25/h4-5,12,15-18,21,25,38,46H,6-11,13-14,19-20,22H2,1-3H3,(H,39,40). The molecule has 1 aliphatic carbocycles. The van der Waals surface area contributed by atoms with Crippen molar-refractivity contribution in [3.8, 4) is 0 Å². The highest BCUT2D eigenvalue weighted by atomic mass is 32.1. The van der Waals surface area contributed by atoms with Gasteiger partial charge in [-0.2, -0.15) is 0 Å². The molecule has 0 aromatic carbocycles. The Morgan fingerprint density at radius 3 is 2.58 bits per heavy atom. The molecular weight excluding hydrogens is 655 g/mol. The Kier molecular flexibility index (Phi) is 8.21. The number of aromatic nitrogens is 2. The quantitative estimate of drug-likeness (QED) is 0.302. The SMILES string of the molecule is Cn1cc(C2=CNC=C(N3CCc4c(sc5c4CC(C)(C)C5)C3=O)C2(C=O)CO)cc(Nc2ccc(N3CCN(C4COC4)CC3)cn2)c1=O. The summed E-state index contributed by atoms with van der Waals surface area (Å²) in [7, 11) is 1.64. The molecule has 8 rings (SSSR count). The number of aldehydes is 1. The zero-order valence-electron chi connectivity index (χ0n) is 28.7. The van der Waals surface area contributed by atoms with Gasteiger partial charge in [-0.25, -0.2) is 4.98 Å².